The fourth-order valence-electron chi connectivity index (χ4n) is 12.1. The number of pyridine rings is 2. The van der Waals surface area contributed by atoms with Crippen molar-refractivity contribution in [1.29, 1.82) is 0 Å². The van der Waals surface area contributed by atoms with Crippen LogP contribution in [0.2, 0.25) is 0 Å². The van der Waals surface area contributed by atoms with Crippen LogP contribution in [0.3, 0.4) is 0 Å². The Morgan fingerprint density at radius 1 is 0.581 bits per heavy atom. The number of rotatable bonds is 18. The van der Waals surface area contributed by atoms with Crippen molar-refractivity contribution in [2.24, 2.45) is 23.7 Å². The lowest BCUT2D eigenvalue weighted by Gasteiger charge is -2.25. The predicted octanol–water partition coefficient (Wildman–Crippen LogP) is 12.6. The maximum absolute atomic E-state index is 13.1. The number of carboxylic acid groups (broad SMARTS) is 2. The van der Waals surface area contributed by atoms with Crippen LogP contribution in [0, 0.1) is 37.5 Å². The third kappa shape index (κ3) is 10.9. The second-order valence-corrected chi connectivity index (χ2v) is 21.4. The molecule has 1 unspecified atom stereocenters. The van der Waals surface area contributed by atoms with Crippen molar-refractivity contribution in [1.82, 2.24) is 9.97 Å². The zero-order valence-corrected chi connectivity index (χ0v) is 44.0. The summed E-state index contributed by atoms with van der Waals surface area (Å²) in [4.78, 5) is 34.9. The van der Waals surface area contributed by atoms with Gasteiger partial charge in [0.1, 0.15) is 0 Å². The molecule has 11 heteroatoms. The van der Waals surface area contributed by atoms with E-state index in [9.17, 15) is 24.9 Å². The molecule has 0 bridgehead atoms. The molecule has 11 nitrogen and oxygen atoms in total. The molecule has 0 spiro atoms. The van der Waals surface area contributed by atoms with Gasteiger partial charge >= 0.3 is 11.9 Å². The average molecular weight is 1000 g/mol. The van der Waals surface area contributed by atoms with Crippen molar-refractivity contribution in [2.75, 3.05) is 20.2 Å². The third-order valence-corrected chi connectivity index (χ3v) is 15.7. The van der Waals surface area contributed by atoms with E-state index in [-0.39, 0.29) is 50.3 Å². The highest BCUT2D eigenvalue weighted by Gasteiger charge is 2.49. The number of hydrogen-bond acceptors (Lipinski definition) is 9. The van der Waals surface area contributed by atoms with Gasteiger partial charge in [0.2, 0.25) is 13.6 Å². The lowest BCUT2D eigenvalue weighted by molar-refractivity contribution is -0.142. The molecule has 0 saturated carbocycles. The quantitative estimate of drug-likeness (QED) is 0.0753. The Hall–Kier alpha value is -6.72. The maximum Gasteiger partial charge on any atom is 0.308 e. The number of carboxylic acids is 2. The molecule has 4 heterocycles. The molecule has 4 aliphatic rings. The molecule has 0 radical (unpaired) electrons. The summed E-state index contributed by atoms with van der Waals surface area (Å²) in [6, 6.07) is 33.6. The fourth-order valence-corrected chi connectivity index (χ4v) is 12.1. The Balaban J connectivity index is 0.000000183. The molecule has 10 rings (SSSR count). The van der Waals surface area contributed by atoms with E-state index >= 15 is 0 Å². The van der Waals surface area contributed by atoms with Gasteiger partial charge in [0.25, 0.3) is 0 Å². The number of aromatic nitrogens is 2. The van der Waals surface area contributed by atoms with Crippen LogP contribution in [0.25, 0.3) is 0 Å². The number of unbranched alkanes of at least 4 members (excludes halogenated alkanes) is 2. The molecule has 8 atom stereocenters. The van der Waals surface area contributed by atoms with Gasteiger partial charge in [-0.1, -0.05) is 119 Å². The second-order valence-electron chi connectivity index (χ2n) is 21.4. The van der Waals surface area contributed by atoms with Gasteiger partial charge in [0, 0.05) is 48.1 Å². The SMILES string of the molecule is CCCCc1ccc2c(n1)[C@@H](c1ccc(C)cc1C[C@H](C)CC(=O)O)C(C(=O)O)[C@H]2c1ccc2c(c1)OCO2.CCCCc1ccc2c(n1)[C@@H](c1ccc(C)cc1C[C@H](C)CO)[C@H](C)[C@H]2c1ccc2c(c1)OCO2. The normalized spacial score (nSPS) is 20.6. The van der Waals surface area contributed by atoms with E-state index in [1.54, 1.807) is 0 Å². The summed E-state index contributed by atoms with van der Waals surface area (Å²) in [5.74, 6) is 0.439. The molecule has 4 aromatic carbocycles. The molecule has 2 aliphatic carbocycles. The van der Waals surface area contributed by atoms with E-state index in [1.807, 2.05) is 56.3 Å². The van der Waals surface area contributed by atoms with Crippen molar-refractivity contribution in [3.8, 4) is 23.0 Å². The van der Waals surface area contributed by atoms with Gasteiger partial charge in [0.15, 0.2) is 23.0 Å². The van der Waals surface area contributed by atoms with Crippen molar-refractivity contribution >= 4 is 11.9 Å². The second kappa shape index (κ2) is 22.8. The van der Waals surface area contributed by atoms with E-state index < -0.39 is 29.7 Å². The summed E-state index contributed by atoms with van der Waals surface area (Å²) < 4.78 is 22.4. The van der Waals surface area contributed by atoms with E-state index in [2.05, 4.69) is 89.2 Å². The Morgan fingerprint density at radius 2 is 1.05 bits per heavy atom. The Bertz CT molecular complexity index is 3000. The number of nitrogens with zero attached hydrogens (tertiary/aromatic N) is 2. The number of carbonyl (C=O) groups is 2. The van der Waals surface area contributed by atoms with E-state index in [0.717, 1.165) is 89.2 Å². The Labute approximate surface area is 436 Å². The lowest BCUT2D eigenvalue weighted by atomic mass is 9.77. The topological polar surface area (TPSA) is 158 Å². The molecular weight excluding hydrogens is 929 g/mol. The van der Waals surface area contributed by atoms with Crippen LogP contribution < -0.4 is 18.9 Å². The highest BCUT2D eigenvalue weighted by Crippen LogP contribution is 2.55. The van der Waals surface area contributed by atoms with Crippen molar-refractivity contribution in [3.63, 3.8) is 0 Å². The molecular formula is C63H72N2O9. The van der Waals surface area contributed by atoms with Crippen LogP contribution in [0.4, 0.5) is 0 Å². The van der Waals surface area contributed by atoms with Crippen LogP contribution in [0.15, 0.2) is 97.1 Å². The number of aryl methyl sites for hydroxylation is 4. The largest absolute Gasteiger partial charge is 0.481 e. The first-order chi connectivity index (χ1) is 35.8. The van der Waals surface area contributed by atoms with Crippen molar-refractivity contribution < 1.29 is 43.9 Å². The van der Waals surface area contributed by atoms with Gasteiger partial charge in [0.05, 0.1) is 17.3 Å². The van der Waals surface area contributed by atoms with Gasteiger partial charge in [-0.15, -0.1) is 0 Å². The average Bonchev–Trinajstić information content (AvgIpc) is 4.18. The number of benzene rings is 4. The van der Waals surface area contributed by atoms with Crippen LogP contribution in [-0.4, -0.2) is 57.4 Å². The molecule has 2 aromatic heterocycles. The Kier molecular flexibility index (Phi) is 16.1. The van der Waals surface area contributed by atoms with Crippen molar-refractivity contribution in [3.05, 3.63) is 175 Å². The number of aliphatic hydroxyl groups excluding tert-OH is 1. The molecule has 74 heavy (non-hydrogen) atoms. The third-order valence-electron chi connectivity index (χ3n) is 15.7. The Morgan fingerprint density at radius 3 is 1.57 bits per heavy atom. The van der Waals surface area contributed by atoms with Crippen LogP contribution in [0.1, 0.15) is 169 Å². The molecule has 388 valence electrons. The van der Waals surface area contributed by atoms with E-state index in [1.165, 1.54) is 45.6 Å². The summed E-state index contributed by atoms with van der Waals surface area (Å²) in [7, 11) is 0. The van der Waals surface area contributed by atoms with Gasteiger partial charge < -0.3 is 34.3 Å². The van der Waals surface area contributed by atoms with Gasteiger partial charge in [-0.05, 0) is 151 Å². The highest BCUT2D eigenvalue weighted by atomic mass is 16.7. The predicted molar refractivity (Wildman–Crippen MR) is 286 cm³/mol. The smallest absolute Gasteiger partial charge is 0.308 e. The molecule has 0 amide bonds. The fraction of sp³-hybridized carbons (Fsp3) is 0.429. The van der Waals surface area contributed by atoms with Gasteiger partial charge in [-0.3, -0.25) is 19.6 Å². The molecule has 3 N–H and O–H groups in total. The minimum Gasteiger partial charge on any atom is -0.481 e. The number of aliphatic hydroxyl groups is 1. The number of fused-ring (bicyclic) bond motifs is 4. The summed E-state index contributed by atoms with van der Waals surface area (Å²) in [5.41, 5.74) is 15.4. The summed E-state index contributed by atoms with van der Waals surface area (Å²) in [5, 5.41) is 29.9. The number of hydrogen-bond donors (Lipinski definition) is 3. The van der Waals surface area contributed by atoms with Crippen LogP contribution in [0.5, 0.6) is 23.0 Å². The van der Waals surface area contributed by atoms with Crippen LogP contribution in [-0.2, 0) is 35.3 Å². The minimum absolute atomic E-state index is 0.0518. The first-order valence-corrected chi connectivity index (χ1v) is 26.8. The van der Waals surface area contributed by atoms with Crippen LogP contribution >= 0.6 is 0 Å². The molecule has 6 aromatic rings. The monoisotopic (exact) mass is 1000 g/mol. The summed E-state index contributed by atoms with van der Waals surface area (Å²) in [6.45, 7) is 15.6. The zero-order chi connectivity index (χ0) is 52.2. The highest BCUT2D eigenvalue weighted by molar-refractivity contribution is 5.78. The molecule has 2 aliphatic heterocycles. The summed E-state index contributed by atoms with van der Waals surface area (Å²) in [6.07, 6.45) is 7.69. The number of aliphatic carboxylic acids is 2. The van der Waals surface area contributed by atoms with Gasteiger partial charge in [-0.25, -0.2) is 0 Å². The first kappa shape index (κ1) is 52.2. The molecule has 0 fully saturated rings. The first-order valence-electron chi connectivity index (χ1n) is 26.8. The lowest BCUT2D eigenvalue weighted by Crippen LogP contribution is -2.25. The zero-order valence-electron chi connectivity index (χ0n) is 44.0. The maximum atomic E-state index is 13.1. The van der Waals surface area contributed by atoms with E-state index in [0.29, 0.717) is 23.8 Å². The molecule has 0 saturated heterocycles. The standard InChI is InChI=1S/C32H35NO6.C31H37NO3/c1-4-5-6-22-9-11-24-28(20-8-12-25-26(16-20)39-17-38-25)30(32(36)37)29(31(24)33-22)23-10-7-18(2)13-21(23)14-19(3)15-27(34)35;1-5-6-7-24-10-12-26-29(22-9-13-27-28(16-22)35-18-34-27)21(4)30(31(26)32-24)25-11-8-19(2)14-23(25)15-20(3)17-33/h7-13,16,19,28-30H,4-6,14-15,17H2,1-3H3,(H,34,35)(H,36,37);8-14,16,20-21,29-30,33H,5-7,15,17-18H2,1-4H3/t19-,28-,29-,30?;20-,21+,29-,30+/m00/s1. The van der Waals surface area contributed by atoms with Crippen molar-refractivity contribution in [2.45, 2.75) is 130 Å². The number of ether oxygens (including phenoxy) is 4. The van der Waals surface area contributed by atoms with E-state index in [4.69, 9.17) is 28.9 Å². The van der Waals surface area contributed by atoms with Gasteiger partial charge in [-0.2, -0.15) is 0 Å². The minimum atomic E-state index is -0.888. The summed E-state index contributed by atoms with van der Waals surface area (Å²) >= 11 is 0.